The van der Waals surface area contributed by atoms with Crippen molar-refractivity contribution in [2.24, 2.45) is 11.3 Å². The predicted octanol–water partition coefficient (Wildman–Crippen LogP) is 5.74. The molecule has 0 bridgehead atoms. The van der Waals surface area contributed by atoms with Crippen molar-refractivity contribution in [2.45, 2.75) is 66.2 Å². The molecule has 0 fully saturated rings. The van der Waals surface area contributed by atoms with E-state index in [2.05, 4.69) is 46.8 Å². The van der Waals surface area contributed by atoms with Crippen molar-refractivity contribution in [3.8, 4) is 5.75 Å². The molecule has 0 saturated heterocycles. The van der Waals surface area contributed by atoms with Gasteiger partial charge in [0.15, 0.2) is 0 Å². The molecule has 0 saturated carbocycles. The standard InChI is InChI=1S/C18H30O/c1-6-7-8-14(2)13-17(18(3,4)5)15-9-11-16(19)12-10-15/h9-12,14,17,19H,6-8,13H2,1-5H3. The summed E-state index contributed by atoms with van der Waals surface area (Å²) >= 11 is 0. The van der Waals surface area contributed by atoms with Crippen LogP contribution in [-0.2, 0) is 0 Å². The number of unbranched alkanes of at least 4 members (excludes halogenated alkanes) is 1. The average Bonchev–Trinajstić information content (AvgIpc) is 2.33. The monoisotopic (exact) mass is 262 g/mol. The maximum atomic E-state index is 9.44. The largest absolute Gasteiger partial charge is 0.508 e. The number of phenolic OH excluding ortho intramolecular Hbond substituents is 1. The molecule has 0 aromatic heterocycles. The SMILES string of the molecule is CCCCC(C)CC(c1ccc(O)cc1)C(C)(C)C. The highest BCUT2D eigenvalue weighted by molar-refractivity contribution is 5.29. The van der Waals surface area contributed by atoms with Gasteiger partial charge in [0.1, 0.15) is 5.75 Å². The number of hydrogen-bond acceptors (Lipinski definition) is 1. The fourth-order valence-corrected chi connectivity index (χ4v) is 2.77. The van der Waals surface area contributed by atoms with E-state index in [4.69, 9.17) is 0 Å². The quantitative estimate of drug-likeness (QED) is 0.693. The number of hydrogen-bond donors (Lipinski definition) is 1. The number of aromatic hydroxyl groups is 1. The topological polar surface area (TPSA) is 20.2 Å². The Labute approximate surface area is 119 Å². The lowest BCUT2D eigenvalue weighted by molar-refractivity contribution is 0.266. The average molecular weight is 262 g/mol. The minimum Gasteiger partial charge on any atom is -0.508 e. The molecule has 2 atom stereocenters. The Hall–Kier alpha value is -0.980. The summed E-state index contributed by atoms with van der Waals surface area (Å²) in [4.78, 5) is 0. The first-order valence-electron chi connectivity index (χ1n) is 7.63. The van der Waals surface area contributed by atoms with E-state index in [0.29, 0.717) is 11.7 Å². The van der Waals surface area contributed by atoms with Crippen LogP contribution in [0.15, 0.2) is 24.3 Å². The molecule has 19 heavy (non-hydrogen) atoms. The van der Waals surface area contributed by atoms with Crippen LogP contribution in [0.4, 0.5) is 0 Å². The van der Waals surface area contributed by atoms with Crippen LogP contribution in [0.2, 0.25) is 0 Å². The van der Waals surface area contributed by atoms with Gasteiger partial charge in [-0.25, -0.2) is 0 Å². The van der Waals surface area contributed by atoms with E-state index in [-0.39, 0.29) is 5.41 Å². The zero-order valence-corrected chi connectivity index (χ0v) is 13.2. The van der Waals surface area contributed by atoms with Crippen molar-refractivity contribution in [1.82, 2.24) is 0 Å². The molecule has 1 rings (SSSR count). The molecule has 0 radical (unpaired) electrons. The fraction of sp³-hybridized carbons (Fsp3) is 0.667. The number of rotatable bonds is 6. The second-order valence-electron chi connectivity index (χ2n) is 6.99. The van der Waals surface area contributed by atoms with Crippen LogP contribution in [0.3, 0.4) is 0 Å². The summed E-state index contributed by atoms with van der Waals surface area (Å²) in [5.74, 6) is 1.67. The summed E-state index contributed by atoms with van der Waals surface area (Å²) in [6.07, 6.45) is 5.16. The lowest BCUT2D eigenvalue weighted by Gasteiger charge is -2.33. The van der Waals surface area contributed by atoms with Crippen LogP contribution in [-0.4, -0.2) is 5.11 Å². The Balaban J connectivity index is 2.81. The second kappa shape index (κ2) is 6.98. The summed E-state index contributed by atoms with van der Waals surface area (Å²) in [5, 5.41) is 9.44. The van der Waals surface area contributed by atoms with Gasteiger partial charge in [0.05, 0.1) is 0 Å². The van der Waals surface area contributed by atoms with Crippen molar-refractivity contribution < 1.29 is 5.11 Å². The zero-order chi connectivity index (χ0) is 14.5. The maximum Gasteiger partial charge on any atom is 0.115 e. The lowest BCUT2D eigenvalue weighted by atomic mass is 9.72. The summed E-state index contributed by atoms with van der Waals surface area (Å²) in [6.45, 7) is 11.6. The van der Waals surface area contributed by atoms with Gasteiger partial charge in [0.2, 0.25) is 0 Å². The van der Waals surface area contributed by atoms with Gasteiger partial charge in [-0.2, -0.15) is 0 Å². The van der Waals surface area contributed by atoms with Gasteiger partial charge in [0, 0.05) is 0 Å². The molecule has 0 heterocycles. The molecule has 108 valence electrons. The summed E-state index contributed by atoms with van der Waals surface area (Å²) in [7, 11) is 0. The van der Waals surface area contributed by atoms with Gasteiger partial charge in [0.25, 0.3) is 0 Å². The van der Waals surface area contributed by atoms with Crippen molar-refractivity contribution in [3.63, 3.8) is 0 Å². The van der Waals surface area contributed by atoms with E-state index in [1.165, 1.54) is 31.2 Å². The number of benzene rings is 1. The Kier molecular flexibility index (Phi) is 5.90. The molecule has 2 unspecified atom stereocenters. The third-order valence-corrected chi connectivity index (χ3v) is 4.03. The van der Waals surface area contributed by atoms with Crippen LogP contribution in [0.5, 0.6) is 5.75 Å². The Morgan fingerprint density at radius 2 is 1.68 bits per heavy atom. The summed E-state index contributed by atoms with van der Waals surface area (Å²) < 4.78 is 0. The molecule has 1 heteroatoms. The van der Waals surface area contributed by atoms with Crippen molar-refractivity contribution in [3.05, 3.63) is 29.8 Å². The minimum atomic E-state index is 0.261. The minimum absolute atomic E-state index is 0.261. The Morgan fingerprint density at radius 3 is 2.16 bits per heavy atom. The van der Waals surface area contributed by atoms with Gasteiger partial charge in [-0.3, -0.25) is 0 Å². The molecule has 1 N–H and O–H groups in total. The second-order valence-corrected chi connectivity index (χ2v) is 6.99. The van der Waals surface area contributed by atoms with Crippen LogP contribution in [0.25, 0.3) is 0 Å². The van der Waals surface area contributed by atoms with Crippen LogP contribution in [0.1, 0.15) is 71.8 Å². The molecular weight excluding hydrogens is 232 g/mol. The van der Waals surface area contributed by atoms with Gasteiger partial charge >= 0.3 is 0 Å². The molecule has 0 aliphatic heterocycles. The molecule has 1 aromatic rings. The molecule has 0 amide bonds. The number of phenols is 1. The van der Waals surface area contributed by atoms with E-state index in [0.717, 1.165) is 5.92 Å². The zero-order valence-electron chi connectivity index (χ0n) is 13.2. The van der Waals surface area contributed by atoms with Gasteiger partial charge in [-0.1, -0.05) is 66.0 Å². The van der Waals surface area contributed by atoms with Crippen LogP contribution >= 0.6 is 0 Å². The van der Waals surface area contributed by atoms with E-state index < -0.39 is 0 Å². The molecule has 0 aliphatic rings. The van der Waals surface area contributed by atoms with Gasteiger partial charge in [-0.15, -0.1) is 0 Å². The third kappa shape index (κ3) is 5.26. The third-order valence-electron chi connectivity index (χ3n) is 4.03. The molecule has 0 aliphatic carbocycles. The summed E-state index contributed by atoms with van der Waals surface area (Å²) in [6, 6.07) is 7.78. The van der Waals surface area contributed by atoms with Crippen LogP contribution in [0, 0.1) is 11.3 Å². The van der Waals surface area contributed by atoms with Crippen LogP contribution < -0.4 is 0 Å². The van der Waals surface area contributed by atoms with E-state index in [1.54, 1.807) is 0 Å². The smallest absolute Gasteiger partial charge is 0.115 e. The van der Waals surface area contributed by atoms with E-state index in [1.807, 2.05) is 12.1 Å². The maximum absolute atomic E-state index is 9.44. The molecule has 1 nitrogen and oxygen atoms in total. The van der Waals surface area contributed by atoms with Gasteiger partial charge < -0.3 is 5.11 Å². The first-order chi connectivity index (χ1) is 8.84. The van der Waals surface area contributed by atoms with Crippen molar-refractivity contribution >= 4 is 0 Å². The normalized spacial score (nSPS) is 15.2. The van der Waals surface area contributed by atoms with Crippen molar-refractivity contribution in [2.75, 3.05) is 0 Å². The molecular formula is C18H30O. The van der Waals surface area contributed by atoms with E-state index >= 15 is 0 Å². The lowest BCUT2D eigenvalue weighted by Crippen LogP contribution is -2.20. The predicted molar refractivity (Wildman–Crippen MR) is 83.6 cm³/mol. The molecule has 0 spiro atoms. The first-order valence-corrected chi connectivity index (χ1v) is 7.63. The highest BCUT2D eigenvalue weighted by Crippen LogP contribution is 2.40. The van der Waals surface area contributed by atoms with Crippen molar-refractivity contribution in [1.29, 1.82) is 0 Å². The highest BCUT2D eigenvalue weighted by Gasteiger charge is 2.27. The highest BCUT2D eigenvalue weighted by atomic mass is 16.3. The first kappa shape index (κ1) is 16.1. The molecule has 1 aromatic carbocycles. The van der Waals surface area contributed by atoms with Gasteiger partial charge in [-0.05, 0) is 41.4 Å². The fourth-order valence-electron chi connectivity index (χ4n) is 2.77. The Bertz CT molecular complexity index is 358. The Morgan fingerprint density at radius 1 is 1.11 bits per heavy atom. The van der Waals surface area contributed by atoms with E-state index in [9.17, 15) is 5.11 Å². The summed E-state index contributed by atoms with van der Waals surface area (Å²) in [5.41, 5.74) is 1.62.